The van der Waals surface area contributed by atoms with Gasteiger partial charge in [0.25, 0.3) is 0 Å². The molecule has 0 aliphatic carbocycles. The zero-order valence-corrected chi connectivity index (χ0v) is 19.4. The SMILES string of the molecule is CCc1nc2cnc3cc(-c4c(C)noc4C)c(OC)cc3c2n1-c1ccccc1OC(F)(F)F. The fourth-order valence-corrected chi connectivity index (χ4v) is 4.41. The highest BCUT2D eigenvalue weighted by Gasteiger charge is 2.33. The van der Waals surface area contributed by atoms with E-state index < -0.39 is 6.36 Å². The van der Waals surface area contributed by atoms with Gasteiger partial charge in [0.15, 0.2) is 5.75 Å². The number of hydrogen-bond acceptors (Lipinski definition) is 6. The number of pyridine rings is 1. The summed E-state index contributed by atoms with van der Waals surface area (Å²) in [6, 6.07) is 9.69. The van der Waals surface area contributed by atoms with Gasteiger partial charge in [0.05, 0.1) is 41.3 Å². The van der Waals surface area contributed by atoms with Crippen molar-refractivity contribution in [3.63, 3.8) is 0 Å². The highest BCUT2D eigenvalue weighted by molar-refractivity contribution is 6.05. The summed E-state index contributed by atoms with van der Waals surface area (Å²) in [6.45, 7) is 5.54. The summed E-state index contributed by atoms with van der Waals surface area (Å²) < 4.78 is 56.6. The Labute approximate surface area is 198 Å². The smallest absolute Gasteiger partial charge is 0.496 e. The predicted molar refractivity (Wildman–Crippen MR) is 124 cm³/mol. The number of alkyl halides is 3. The van der Waals surface area contributed by atoms with Gasteiger partial charge in [-0.05, 0) is 38.1 Å². The van der Waals surface area contributed by atoms with Gasteiger partial charge in [-0.3, -0.25) is 9.55 Å². The fourth-order valence-electron chi connectivity index (χ4n) is 4.41. The lowest BCUT2D eigenvalue weighted by Crippen LogP contribution is -2.18. The van der Waals surface area contributed by atoms with Gasteiger partial charge < -0.3 is 14.0 Å². The van der Waals surface area contributed by atoms with Gasteiger partial charge in [0.2, 0.25) is 0 Å². The molecule has 7 nitrogen and oxygen atoms in total. The van der Waals surface area contributed by atoms with Crippen LogP contribution in [0.5, 0.6) is 11.5 Å². The van der Waals surface area contributed by atoms with Crippen LogP contribution in [0.3, 0.4) is 0 Å². The number of imidazole rings is 1. The molecule has 0 bridgehead atoms. The van der Waals surface area contributed by atoms with Gasteiger partial charge in [-0.1, -0.05) is 24.2 Å². The number of halogens is 3. The number of rotatable bonds is 5. The molecule has 35 heavy (non-hydrogen) atoms. The van der Waals surface area contributed by atoms with E-state index in [1.54, 1.807) is 30.0 Å². The molecular weight excluding hydrogens is 461 g/mol. The van der Waals surface area contributed by atoms with Crippen LogP contribution in [0, 0.1) is 13.8 Å². The van der Waals surface area contributed by atoms with Crippen LogP contribution in [0.4, 0.5) is 13.2 Å². The second kappa shape index (κ2) is 8.30. The Hall–Kier alpha value is -4.08. The van der Waals surface area contributed by atoms with Crippen LogP contribution in [0.25, 0.3) is 38.8 Å². The van der Waals surface area contributed by atoms with E-state index in [2.05, 4.69) is 19.9 Å². The molecule has 0 saturated heterocycles. The molecule has 0 N–H and O–H groups in total. The van der Waals surface area contributed by atoms with E-state index in [9.17, 15) is 13.2 Å². The van der Waals surface area contributed by atoms with Gasteiger partial charge in [0.1, 0.15) is 22.9 Å². The lowest BCUT2D eigenvalue weighted by molar-refractivity contribution is -0.274. The summed E-state index contributed by atoms with van der Waals surface area (Å²) in [6.07, 6.45) is -2.75. The van der Waals surface area contributed by atoms with Gasteiger partial charge in [-0.2, -0.15) is 0 Å². The summed E-state index contributed by atoms with van der Waals surface area (Å²) >= 11 is 0. The van der Waals surface area contributed by atoms with Crippen LogP contribution in [0.2, 0.25) is 0 Å². The van der Waals surface area contributed by atoms with Crippen molar-refractivity contribution in [2.24, 2.45) is 0 Å². The number of benzene rings is 2. The molecule has 0 spiro atoms. The summed E-state index contributed by atoms with van der Waals surface area (Å²) in [5, 5.41) is 4.70. The summed E-state index contributed by atoms with van der Waals surface area (Å²) in [7, 11) is 1.55. The van der Waals surface area contributed by atoms with E-state index in [0.29, 0.717) is 51.4 Å². The van der Waals surface area contributed by atoms with E-state index in [0.717, 1.165) is 11.1 Å². The van der Waals surface area contributed by atoms with Crippen molar-refractivity contribution in [3.8, 4) is 28.3 Å². The number of fused-ring (bicyclic) bond motifs is 3. The Morgan fingerprint density at radius 2 is 1.83 bits per heavy atom. The molecule has 5 aromatic rings. The van der Waals surface area contributed by atoms with Gasteiger partial charge >= 0.3 is 6.36 Å². The molecule has 0 unspecified atom stereocenters. The lowest BCUT2D eigenvalue weighted by Gasteiger charge is -2.17. The number of hydrogen-bond donors (Lipinski definition) is 0. The van der Waals surface area contributed by atoms with E-state index in [4.69, 9.17) is 9.26 Å². The second-order valence-corrected chi connectivity index (χ2v) is 7.99. The maximum atomic E-state index is 13.2. The van der Waals surface area contributed by atoms with Crippen molar-refractivity contribution in [1.82, 2.24) is 19.7 Å². The summed E-state index contributed by atoms with van der Waals surface area (Å²) in [5.74, 6) is 1.43. The second-order valence-electron chi connectivity index (χ2n) is 7.99. The Morgan fingerprint density at radius 3 is 2.49 bits per heavy atom. The minimum Gasteiger partial charge on any atom is -0.496 e. The molecule has 0 saturated carbocycles. The van der Waals surface area contributed by atoms with Crippen LogP contribution in [0.15, 0.2) is 47.1 Å². The predicted octanol–water partition coefficient (Wildman–Crippen LogP) is 6.32. The standard InChI is InChI=1S/C25H21F3N4O3/c1-5-22-30-18-12-29-17-10-16(23-13(2)31-35-14(23)3)21(33-4)11-15(17)24(18)32(22)19-8-6-7-9-20(19)34-25(26,27)28/h6-12H,5H2,1-4H3. The molecular formula is C25H21F3N4O3. The minimum absolute atomic E-state index is 0.227. The van der Waals surface area contributed by atoms with E-state index >= 15 is 0 Å². The molecule has 3 heterocycles. The molecule has 3 aromatic heterocycles. The molecule has 2 aromatic carbocycles. The van der Waals surface area contributed by atoms with Crippen molar-refractivity contribution in [3.05, 3.63) is 59.9 Å². The van der Waals surface area contributed by atoms with Crippen molar-refractivity contribution < 1.29 is 27.2 Å². The Morgan fingerprint density at radius 1 is 1.06 bits per heavy atom. The number of ether oxygens (including phenoxy) is 2. The van der Waals surface area contributed by atoms with Crippen LogP contribution in [0.1, 0.15) is 24.2 Å². The molecule has 5 rings (SSSR count). The average molecular weight is 482 g/mol. The fraction of sp³-hybridized carbons (Fsp3) is 0.240. The quantitative estimate of drug-likeness (QED) is 0.292. The van der Waals surface area contributed by atoms with Gasteiger partial charge in [-0.25, -0.2) is 4.98 Å². The monoisotopic (exact) mass is 482 g/mol. The van der Waals surface area contributed by atoms with Crippen LogP contribution >= 0.6 is 0 Å². The molecule has 0 amide bonds. The van der Waals surface area contributed by atoms with Gasteiger partial charge in [0, 0.05) is 17.4 Å². The number of methoxy groups -OCH3 is 1. The number of nitrogens with zero attached hydrogens (tertiary/aromatic N) is 4. The van der Waals surface area contributed by atoms with Crippen LogP contribution in [-0.4, -0.2) is 33.2 Å². The molecule has 0 aliphatic rings. The van der Waals surface area contributed by atoms with Gasteiger partial charge in [-0.15, -0.1) is 13.2 Å². The molecule has 10 heteroatoms. The van der Waals surface area contributed by atoms with Crippen molar-refractivity contribution in [2.45, 2.75) is 33.6 Å². The Kier molecular flexibility index (Phi) is 5.38. The van der Waals surface area contributed by atoms with Crippen molar-refractivity contribution >= 4 is 21.9 Å². The minimum atomic E-state index is -4.84. The molecule has 0 aliphatic heterocycles. The summed E-state index contributed by atoms with van der Waals surface area (Å²) in [4.78, 5) is 9.23. The normalized spacial score (nSPS) is 12.0. The average Bonchev–Trinajstić information content (AvgIpc) is 3.36. The van der Waals surface area contributed by atoms with E-state index in [1.807, 2.05) is 32.9 Å². The van der Waals surface area contributed by atoms with E-state index in [1.165, 1.54) is 12.1 Å². The molecule has 180 valence electrons. The third-order valence-corrected chi connectivity index (χ3v) is 5.82. The summed E-state index contributed by atoms with van der Waals surface area (Å²) in [5.41, 5.74) is 4.26. The lowest BCUT2D eigenvalue weighted by atomic mass is 10.0. The molecule has 0 radical (unpaired) electrons. The van der Waals surface area contributed by atoms with Crippen molar-refractivity contribution in [1.29, 1.82) is 0 Å². The Bertz CT molecular complexity index is 1550. The van der Waals surface area contributed by atoms with E-state index in [-0.39, 0.29) is 11.4 Å². The highest BCUT2D eigenvalue weighted by Crippen LogP contribution is 2.40. The number of aromatic nitrogens is 4. The first-order valence-electron chi connectivity index (χ1n) is 10.9. The van der Waals surface area contributed by atoms with Crippen molar-refractivity contribution in [2.75, 3.05) is 7.11 Å². The molecule has 0 fully saturated rings. The highest BCUT2D eigenvalue weighted by atomic mass is 19.4. The number of para-hydroxylation sites is 2. The first-order valence-corrected chi connectivity index (χ1v) is 10.9. The molecule has 0 atom stereocenters. The maximum Gasteiger partial charge on any atom is 0.573 e. The third kappa shape index (κ3) is 3.84. The van der Waals surface area contributed by atoms with Crippen LogP contribution in [-0.2, 0) is 6.42 Å². The topological polar surface area (TPSA) is 75.2 Å². The van der Waals surface area contributed by atoms with Crippen LogP contribution < -0.4 is 9.47 Å². The maximum absolute atomic E-state index is 13.2. The number of aryl methyl sites for hydroxylation is 3. The zero-order chi connectivity index (χ0) is 24.9. The first kappa shape index (κ1) is 22.7. The Balaban J connectivity index is 1.84. The first-order chi connectivity index (χ1) is 16.7. The largest absolute Gasteiger partial charge is 0.573 e. The zero-order valence-electron chi connectivity index (χ0n) is 19.4. The third-order valence-electron chi connectivity index (χ3n) is 5.82.